The molecule has 1 fully saturated rings. The van der Waals surface area contributed by atoms with Crippen LogP contribution in [0.1, 0.15) is 52.4 Å². The van der Waals surface area contributed by atoms with Gasteiger partial charge in [-0.3, -0.25) is 9.59 Å². The highest BCUT2D eigenvalue weighted by Gasteiger charge is 2.43. The largest absolute Gasteiger partial charge is 0.471 e. The predicted molar refractivity (Wildman–Crippen MR) is 81.7 cm³/mol. The molecule has 0 aliphatic carbocycles. The Morgan fingerprint density at radius 1 is 1.22 bits per heavy atom. The van der Waals surface area contributed by atoms with Crippen LogP contribution in [0.5, 0.6) is 0 Å². The molecule has 1 rings (SSSR count). The number of carbonyl (C=O) groups excluding carboxylic acids is 2. The topological polar surface area (TPSA) is 49.4 Å². The summed E-state index contributed by atoms with van der Waals surface area (Å²) >= 11 is 0. The minimum absolute atomic E-state index is 0.0156. The molecule has 0 aromatic heterocycles. The van der Waals surface area contributed by atoms with E-state index in [0.29, 0.717) is 19.4 Å². The average Bonchev–Trinajstić information content (AvgIpc) is 2.52. The number of rotatable bonds is 7. The Kier molecular flexibility index (Phi) is 7.85. The van der Waals surface area contributed by atoms with Gasteiger partial charge in [-0.1, -0.05) is 26.7 Å². The van der Waals surface area contributed by atoms with Crippen LogP contribution < -0.4 is 5.32 Å². The Balaban J connectivity index is 2.33. The fraction of sp³-hybridized carbons (Fsp3) is 0.875. The van der Waals surface area contributed by atoms with Gasteiger partial charge in [0.2, 0.25) is 5.91 Å². The Labute approximate surface area is 135 Å². The molecule has 1 aliphatic heterocycles. The molecule has 1 unspecified atom stereocenters. The van der Waals surface area contributed by atoms with E-state index in [1.165, 1.54) is 0 Å². The number of unbranched alkanes of at least 4 members (excludes halogenated alkanes) is 1. The summed E-state index contributed by atoms with van der Waals surface area (Å²) in [5.41, 5.74) is 0. The molecular weight excluding hydrogens is 309 g/mol. The van der Waals surface area contributed by atoms with Crippen LogP contribution in [-0.4, -0.2) is 42.5 Å². The molecule has 0 spiro atoms. The van der Waals surface area contributed by atoms with Gasteiger partial charge in [0.15, 0.2) is 0 Å². The minimum atomic E-state index is -4.80. The summed E-state index contributed by atoms with van der Waals surface area (Å²) in [6.45, 7) is 4.76. The fourth-order valence-electron chi connectivity index (χ4n) is 2.88. The first kappa shape index (κ1) is 19.8. The molecule has 4 nitrogen and oxygen atoms in total. The van der Waals surface area contributed by atoms with E-state index in [9.17, 15) is 22.8 Å². The van der Waals surface area contributed by atoms with E-state index < -0.39 is 12.1 Å². The molecular formula is C16H27F3N2O2. The summed E-state index contributed by atoms with van der Waals surface area (Å²) in [5, 5.41) is 2.92. The molecule has 0 radical (unpaired) electrons. The van der Waals surface area contributed by atoms with Crippen molar-refractivity contribution in [1.82, 2.24) is 10.2 Å². The van der Waals surface area contributed by atoms with Gasteiger partial charge in [-0.15, -0.1) is 0 Å². The highest BCUT2D eigenvalue weighted by molar-refractivity contribution is 5.82. The lowest BCUT2D eigenvalue weighted by molar-refractivity contribution is -0.186. The van der Waals surface area contributed by atoms with Gasteiger partial charge in [-0.25, -0.2) is 0 Å². The van der Waals surface area contributed by atoms with Crippen molar-refractivity contribution < 1.29 is 22.8 Å². The second-order valence-corrected chi connectivity index (χ2v) is 6.23. The molecule has 1 saturated heterocycles. The van der Waals surface area contributed by atoms with E-state index in [2.05, 4.69) is 12.2 Å². The molecule has 134 valence electrons. The third-order valence-electron chi connectivity index (χ3n) is 4.48. The van der Waals surface area contributed by atoms with Gasteiger partial charge >= 0.3 is 12.1 Å². The minimum Gasteiger partial charge on any atom is -0.356 e. The Hall–Kier alpha value is -1.27. The molecule has 23 heavy (non-hydrogen) atoms. The first-order chi connectivity index (χ1) is 10.8. The lowest BCUT2D eigenvalue weighted by atomic mass is 9.95. The van der Waals surface area contributed by atoms with Gasteiger partial charge in [-0.05, 0) is 31.6 Å². The van der Waals surface area contributed by atoms with Crippen molar-refractivity contribution in [3.8, 4) is 0 Å². The number of nitrogens with one attached hydrogen (secondary N) is 1. The lowest BCUT2D eigenvalue weighted by Crippen LogP contribution is -2.47. The van der Waals surface area contributed by atoms with Gasteiger partial charge < -0.3 is 10.2 Å². The van der Waals surface area contributed by atoms with Crippen molar-refractivity contribution in [3.63, 3.8) is 0 Å². The molecule has 1 atom stereocenters. The number of halogens is 3. The lowest BCUT2D eigenvalue weighted by Gasteiger charge is -2.32. The molecule has 0 aromatic rings. The van der Waals surface area contributed by atoms with Crippen LogP contribution in [0.3, 0.4) is 0 Å². The van der Waals surface area contributed by atoms with Crippen LogP contribution >= 0.6 is 0 Å². The van der Waals surface area contributed by atoms with Gasteiger partial charge in [-0.2, -0.15) is 13.2 Å². The number of hydrogen-bond acceptors (Lipinski definition) is 2. The summed E-state index contributed by atoms with van der Waals surface area (Å²) in [7, 11) is 0. The first-order valence-corrected chi connectivity index (χ1v) is 8.43. The summed E-state index contributed by atoms with van der Waals surface area (Å²) < 4.78 is 37.1. The second kappa shape index (κ2) is 9.13. The number of nitrogens with zero attached hydrogens (tertiary/aromatic N) is 1. The number of piperidine rings is 1. The van der Waals surface area contributed by atoms with E-state index >= 15 is 0 Å². The third kappa shape index (κ3) is 6.39. The first-order valence-electron chi connectivity index (χ1n) is 8.43. The standard InChI is InChI=1S/C16H27F3N2O2/c1-3-5-6-13(4-2)14(22)20-11-12-7-9-21(10-8-12)15(23)16(17,18)19/h12-13H,3-11H2,1-2H3,(H,20,22). The van der Waals surface area contributed by atoms with Crippen LogP contribution in [0.25, 0.3) is 0 Å². The SMILES string of the molecule is CCCCC(CC)C(=O)NCC1CCN(C(=O)C(F)(F)F)CC1. The summed E-state index contributed by atoms with van der Waals surface area (Å²) in [6, 6.07) is 0. The van der Waals surface area contributed by atoms with E-state index in [-0.39, 0.29) is 30.8 Å². The number of hydrogen-bond donors (Lipinski definition) is 1. The molecule has 0 bridgehead atoms. The maximum atomic E-state index is 12.4. The third-order valence-corrected chi connectivity index (χ3v) is 4.48. The molecule has 7 heteroatoms. The Bertz CT molecular complexity index is 391. The highest BCUT2D eigenvalue weighted by atomic mass is 19.4. The molecule has 1 heterocycles. The van der Waals surface area contributed by atoms with E-state index in [1.807, 2.05) is 6.92 Å². The van der Waals surface area contributed by atoms with E-state index in [0.717, 1.165) is 30.6 Å². The van der Waals surface area contributed by atoms with Crippen molar-refractivity contribution >= 4 is 11.8 Å². The van der Waals surface area contributed by atoms with E-state index in [1.54, 1.807) is 0 Å². The molecule has 2 amide bonds. The normalized spacial score (nSPS) is 17.9. The zero-order chi connectivity index (χ0) is 17.5. The van der Waals surface area contributed by atoms with Crippen molar-refractivity contribution in [2.45, 2.75) is 58.5 Å². The van der Waals surface area contributed by atoms with Crippen LogP contribution in [-0.2, 0) is 9.59 Å². The van der Waals surface area contributed by atoms with Gasteiger partial charge in [0.05, 0.1) is 0 Å². The summed E-state index contributed by atoms with van der Waals surface area (Å²) in [6.07, 6.45) is -0.0720. The average molecular weight is 336 g/mol. The number of alkyl halides is 3. The molecule has 0 aromatic carbocycles. The number of amides is 2. The van der Waals surface area contributed by atoms with Gasteiger partial charge in [0.25, 0.3) is 0 Å². The predicted octanol–water partition coefficient (Wildman–Crippen LogP) is 3.12. The van der Waals surface area contributed by atoms with Gasteiger partial charge in [0, 0.05) is 25.6 Å². The summed E-state index contributed by atoms with van der Waals surface area (Å²) in [5.74, 6) is -1.57. The van der Waals surface area contributed by atoms with Crippen LogP contribution in [0.2, 0.25) is 0 Å². The molecule has 1 aliphatic rings. The highest BCUT2D eigenvalue weighted by Crippen LogP contribution is 2.23. The van der Waals surface area contributed by atoms with Crippen molar-refractivity contribution in [3.05, 3.63) is 0 Å². The van der Waals surface area contributed by atoms with E-state index in [4.69, 9.17) is 0 Å². The molecule has 0 saturated carbocycles. The maximum absolute atomic E-state index is 12.4. The van der Waals surface area contributed by atoms with Crippen LogP contribution in [0, 0.1) is 11.8 Å². The van der Waals surface area contributed by atoms with Crippen LogP contribution in [0.4, 0.5) is 13.2 Å². The smallest absolute Gasteiger partial charge is 0.356 e. The zero-order valence-corrected chi connectivity index (χ0v) is 13.9. The number of carbonyl (C=O) groups is 2. The van der Waals surface area contributed by atoms with Crippen molar-refractivity contribution in [2.75, 3.05) is 19.6 Å². The Morgan fingerprint density at radius 3 is 2.30 bits per heavy atom. The zero-order valence-electron chi connectivity index (χ0n) is 13.9. The molecule has 1 N–H and O–H groups in total. The monoisotopic (exact) mass is 336 g/mol. The Morgan fingerprint density at radius 2 is 1.83 bits per heavy atom. The van der Waals surface area contributed by atoms with Crippen molar-refractivity contribution in [1.29, 1.82) is 0 Å². The maximum Gasteiger partial charge on any atom is 0.471 e. The fourth-order valence-corrected chi connectivity index (χ4v) is 2.88. The van der Waals surface area contributed by atoms with Crippen LogP contribution in [0.15, 0.2) is 0 Å². The second-order valence-electron chi connectivity index (χ2n) is 6.23. The van der Waals surface area contributed by atoms with Crippen molar-refractivity contribution in [2.24, 2.45) is 11.8 Å². The quantitative estimate of drug-likeness (QED) is 0.776. The summed E-state index contributed by atoms with van der Waals surface area (Å²) in [4.78, 5) is 24.1. The number of likely N-dealkylation sites (tertiary alicyclic amines) is 1. The van der Waals surface area contributed by atoms with Gasteiger partial charge in [0.1, 0.15) is 0 Å².